The molecule has 1 aliphatic rings. The van der Waals surface area contributed by atoms with Crippen molar-refractivity contribution in [3.05, 3.63) is 66.1 Å². The van der Waals surface area contributed by atoms with Gasteiger partial charge in [-0.15, -0.1) is 0 Å². The molecule has 0 spiro atoms. The average molecular weight is 446 g/mol. The number of rotatable bonds is 5. The summed E-state index contributed by atoms with van der Waals surface area (Å²) in [7, 11) is -3.74. The fraction of sp³-hybridized carbons (Fsp3) is 0.250. The fourth-order valence-corrected chi connectivity index (χ4v) is 5.30. The van der Waals surface area contributed by atoms with Crippen molar-refractivity contribution in [1.29, 1.82) is 0 Å². The van der Waals surface area contributed by atoms with Crippen molar-refractivity contribution < 1.29 is 13.2 Å². The number of aromatic nitrogens is 3. The van der Waals surface area contributed by atoms with Crippen molar-refractivity contribution in [2.24, 2.45) is 5.92 Å². The van der Waals surface area contributed by atoms with E-state index in [1.165, 1.54) is 22.6 Å². The van der Waals surface area contributed by atoms with Crippen LogP contribution in [0, 0.1) is 5.92 Å². The number of amides is 1. The predicted octanol–water partition coefficient (Wildman–Crippen LogP) is 2.96. The number of sulfonamides is 1. The van der Waals surface area contributed by atoms with E-state index < -0.39 is 10.0 Å². The van der Waals surface area contributed by atoms with E-state index in [9.17, 15) is 13.2 Å². The van der Waals surface area contributed by atoms with Crippen LogP contribution in [0.5, 0.6) is 0 Å². The SMILES string of the molecule is O=C(Nc1ccn(-c2ccccc2)n1)C1CCN(S(=O)(=O)c2cccnc2Cl)CC1. The van der Waals surface area contributed by atoms with Crippen molar-refractivity contribution in [1.82, 2.24) is 19.1 Å². The van der Waals surface area contributed by atoms with Gasteiger partial charge < -0.3 is 5.32 Å². The number of benzene rings is 1. The lowest BCUT2D eigenvalue weighted by atomic mass is 9.97. The van der Waals surface area contributed by atoms with Crippen LogP contribution in [0.15, 0.2) is 65.8 Å². The molecule has 0 atom stereocenters. The number of halogens is 1. The average Bonchev–Trinajstić information content (AvgIpc) is 3.23. The van der Waals surface area contributed by atoms with Gasteiger partial charge in [0.15, 0.2) is 5.82 Å². The van der Waals surface area contributed by atoms with Gasteiger partial charge in [-0.25, -0.2) is 18.1 Å². The third-order valence-corrected chi connectivity index (χ3v) is 7.37. The Morgan fingerprint density at radius 1 is 1.07 bits per heavy atom. The Labute approximate surface area is 179 Å². The number of carbonyl (C=O) groups excluding carboxylic acids is 1. The van der Waals surface area contributed by atoms with Crippen LogP contribution < -0.4 is 5.32 Å². The second-order valence-corrected chi connectivity index (χ2v) is 9.21. The van der Waals surface area contributed by atoms with Crippen LogP contribution in [0.25, 0.3) is 5.69 Å². The monoisotopic (exact) mass is 445 g/mol. The Bertz CT molecular complexity index is 1140. The first kappa shape index (κ1) is 20.5. The lowest BCUT2D eigenvalue weighted by Crippen LogP contribution is -2.41. The molecule has 1 fully saturated rings. The molecule has 1 N–H and O–H groups in total. The maximum atomic E-state index is 12.8. The molecule has 0 aliphatic carbocycles. The maximum absolute atomic E-state index is 12.8. The Kier molecular flexibility index (Phi) is 5.85. The second kappa shape index (κ2) is 8.55. The standard InChI is InChI=1S/C20H20ClN5O3S/c21-19-17(7-4-11-22-19)30(28,29)25-12-8-15(9-13-25)20(27)23-18-10-14-26(24-18)16-5-2-1-3-6-16/h1-7,10-11,14-15H,8-9,12-13H2,(H,23,24,27). The summed E-state index contributed by atoms with van der Waals surface area (Å²) < 4.78 is 28.6. The van der Waals surface area contributed by atoms with Gasteiger partial charge in [0, 0.05) is 37.5 Å². The number of pyridine rings is 1. The highest BCUT2D eigenvalue weighted by Crippen LogP contribution is 2.27. The molecular formula is C20H20ClN5O3S. The van der Waals surface area contributed by atoms with Crippen molar-refractivity contribution in [3.8, 4) is 5.69 Å². The molecule has 156 valence electrons. The van der Waals surface area contributed by atoms with Crippen molar-refractivity contribution >= 4 is 33.3 Å². The number of nitrogens with one attached hydrogen (secondary N) is 1. The molecule has 0 unspecified atom stereocenters. The Morgan fingerprint density at radius 3 is 2.50 bits per heavy atom. The van der Waals surface area contributed by atoms with Crippen LogP contribution in [-0.4, -0.2) is 46.5 Å². The highest BCUT2D eigenvalue weighted by atomic mass is 35.5. The number of hydrogen-bond acceptors (Lipinski definition) is 5. The van der Waals surface area contributed by atoms with Gasteiger partial charge in [-0.3, -0.25) is 4.79 Å². The van der Waals surface area contributed by atoms with Gasteiger partial charge in [-0.1, -0.05) is 29.8 Å². The van der Waals surface area contributed by atoms with Gasteiger partial charge in [-0.05, 0) is 37.1 Å². The lowest BCUT2D eigenvalue weighted by molar-refractivity contribution is -0.120. The van der Waals surface area contributed by atoms with Gasteiger partial charge in [0.05, 0.1) is 5.69 Å². The number of para-hydroxylation sites is 1. The summed E-state index contributed by atoms with van der Waals surface area (Å²) in [5, 5.41) is 7.15. The van der Waals surface area contributed by atoms with Gasteiger partial charge in [-0.2, -0.15) is 9.40 Å². The lowest BCUT2D eigenvalue weighted by Gasteiger charge is -2.30. The number of carbonyl (C=O) groups is 1. The quantitative estimate of drug-likeness (QED) is 0.609. The summed E-state index contributed by atoms with van der Waals surface area (Å²) in [6.07, 6.45) is 4.06. The molecule has 0 radical (unpaired) electrons. The summed E-state index contributed by atoms with van der Waals surface area (Å²) in [5.41, 5.74) is 0.894. The van der Waals surface area contributed by atoms with E-state index in [4.69, 9.17) is 11.6 Å². The van der Waals surface area contributed by atoms with E-state index >= 15 is 0 Å². The van der Waals surface area contributed by atoms with E-state index in [2.05, 4.69) is 15.4 Å². The Hall–Kier alpha value is -2.75. The van der Waals surface area contributed by atoms with E-state index in [1.54, 1.807) is 16.9 Å². The van der Waals surface area contributed by atoms with Crippen molar-refractivity contribution in [3.63, 3.8) is 0 Å². The van der Waals surface area contributed by atoms with Crippen LogP contribution in [-0.2, 0) is 14.8 Å². The first-order valence-corrected chi connectivity index (χ1v) is 11.3. The van der Waals surface area contributed by atoms with Crippen molar-refractivity contribution in [2.75, 3.05) is 18.4 Å². The van der Waals surface area contributed by atoms with Crippen LogP contribution in [0.2, 0.25) is 5.15 Å². The van der Waals surface area contributed by atoms with Gasteiger partial charge >= 0.3 is 0 Å². The molecule has 1 amide bonds. The molecule has 2 aromatic heterocycles. The largest absolute Gasteiger partial charge is 0.309 e. The molecule has 30 heavy (non-hydrogen) atoms. The minimum Gasteiger partial charge on any atom is -0.309 e. The molecule has 10 heteroatoms. The summed E-state index contributed by atoms with van der Waals surface area (Å²) in [4.78, 5) is 16.5. The van der Waals surface area contributed by atoms with E-state index in [0.717, 1.165) is 5.69 Å². The summed E-state index contributed by atoms with van der Waals surface area (Å²) in [6.45, 7) is 0.480. The number of nitrogens with zero attached hydrogens (tertiary/aromatic N) is 4. The molecule has 1 saturated heterocycles. The molecule has 1 aromatic carbocycles. The van der Waals surface area contributed by atoms with Crippen LogP contribution >= 0.6 is 11.6 Å². The molecule has 8 nitrogen and oxygen atoms in total. The van der Waals surface area contributed by atoms with Gasteiger partial charge in [0.25, 0.3) is 0 Å². The number of hydrogen-bond donors (Lipinski definition) is 1. The van der Waals surface area contributed by atoms with Crippen LogP contribution in [0.3, 0.4) is 0 Å². The van der Waals surface area contributed by atoms with Crippen LogP contribution in [0.4, 0.5) is 5.82 Å². The third kappa shape index (κ3) is 4.23. The molecule has 0 bridgehead atoms. The zero-order chi connectivity index (χ0) is 21.1. The van der Waals surface area contributed by atoms with Crippen molar-refractivity contribution in [2.45, 2.75) is 17.7 Å². The number of piperidine rings is 1. The highest BCUT2D eigenvalue weighted by molar-refractivity contribution is 7.89. The van der Waals surface area contributed by atoms with Crippen LogP contribution in [0.1, 0.15) is 12.8 Å². The Balaban J connectivity index is 1.37. The predicted molar refractivity (Wildman–Crippen MR) is 113 cm³/mol. The Morgan fingerprint density at radius 2 is 1.80 bits per heavy atom. The zero-order valence-electron chi connectivity index (χ0n) is 16.0. The minimum atomic E-state index is -3.74. The molecule has 3 heterocycles. The minimum absolute atomic E-state index is 0.0129. The molecule has 3 aromatic rings. The first-order chi connectivity index (χ1) is 14.4. The number of anilines is 1. The van der Waals surface area contributed by atoms with Gasteiger partial charge in [0.2, 0.25) is 15.9 Å². The topological polar surface area (TPSA) is 97.2 Å². The molecule has 0 saturated carbocycles. The highest BCUT2D eigenvalue weighted by Gasteiger charge is 2.33. The van der Waals surface area contributed by atoms with E-state index in [-0.39, 0.29) is 35.0 Å². The summed E-state index contributed by atoms with van der Waals surface area (Å²) in [6, 6.07) is 14.3. The maximum Gasteiger partial charge on any atom is 0.246 e. The normalized spacial score (nSPS) is 15.8. The van der Waals surface area contributed by atoms with E-state index in [0.29, 0.717) is 18.7 Å². The summed E-state index contributed by atoms with van der Waals surface area (Å²) in [5.74, 6) is 0.00788. The zero-order valence-corrected chi connectivity index (χ0v) is 17.6. The molecule has 4 rings (SSSR count). The van der Waals surface area contributed by atoms with Gasteiger partial charge in [0.1, 0.15) is 10.0 Å². The third-order valence-electron chi connectivity index (χ3n) is 5.03. The van der Waals surface area contributed by atoms with E-state index in [1.807, 2.05) is 30.3 Å². The fourth-order valence-electron chi connectivity index (χ4n) is 3.40. The molecular weight excluding hydrogens is 426 g/mol. The second-order valence-electron chi connectivity index (χ2n) is 6.94. The molecule has 1 aliphatic heterocycles. The first-order valence-electron chi connectivity index (χ1n) is 9.48. The smallest absolute Gasteiger partial charge is 0.246 e. The summed E-state index contributed by atoms with van der Waals surface area (Å²) >= 11 is 5.95.